The van der Waals surface area contributed by atoms with Crippen molar-refractivity contribution in [3.63, 3.8) is 0 Å². The molecule has 2 atom stereocenters. The van der Waals surface area contributed by atoms with Gasteiger partial charge in [-0.2, -0.15) is 0 Å². The quantitative estimate of drug-likeness (QED) is 0.758. The number of ether oxygens (including phenoxy) is 2. The Hall–Kier alpha value is -3.12. The van der Waals surface area contributed by atoms with Crippen LogP contribution in [0.15, 0.2) is 60.7 Å². The van der Waals surface area contributed by atoms with Gasteiger partial charge in [-0.05, 0) is 36.2 Å². The molecule has 28 heavy (non-hydrogen) atoms. The number of aliphatic hydroxyl groups excluding tert-OH is 1. The molecule has 1 aromatic heterocycles. The molecule has 0 spiro atoms. The fraction of sp³-hybridized carbons (Fsp3) is 0.273. The third kappa shape index (κ3) is 3.16. The Balaban J connectivity index is 1.29. The van der Waals surface area contributed by atoms with Gasteiger partial charge in [0.1, 0.15) is 0 Å². The predicted octanol–water partition coefficient (Wildman–Crippen LogP) is 3.23. The number of β-amino-alcohol motifs (C(OH)–C–C–N with tert-alkyl or cyclic N) is 1. The molecule has 2 aromatic carbocycles. The molecule has 6 heteroatoms. The standard InChI is InChI=1S/C22H21N3O3/c26-19-13-25(22-9-7-18(23-24-22)15-4-2-1-3-5-15)11-10-17(19)16-6-8-20-21(12-16)28-14-27-20/h1-9,12,17,19,26H,10-11,13-14H2/t17-,19+/m0/s1. The highest BCUT2D eigenvalue weighted by atomic mass is 16.7. The second-order valence-electron chi connectivity index (χ2n) is 7.16. The Kier molecular flexibility index (Phi) is 4.33. The van der Waals surface area contributed by atoms with Gasteiger partial charge in [0.2, 0.25) is 6.79 Å². The number of rotatable bonds is 3. The molecule has 2 aliphatic heterocycles. The number of anilines is 1. The van der Waals surface area contributed by atoms with Gasteiger partial charge < -0.3 is 19.5 Å². The van der Waals surface area contributed by atoms with E-state index >= 15 is 0 Å². The van der Waals surface area contributed by atoms with E-state index in [1.165, 1.54) is 0 Å². The Morgan fingerprint density at radius 1 is 0.929 bits per heavy atom. The zero-order chi connectivity index (χ0) is 18.9. The van der Waals surface area contributed by atoms with Gasteiger partial charge in [-0.25, -0.2) is 0 Å². The van der Waals surface area contributed by atoms with E-state index in [0.717, 1.165) is 47.1 Å². The maximum Gasteiger partial charge on any atom is 0.231 e. The first-order valence-corrected chi connectivity index (χ1v) is 9.49. The summed E-state index contributed by atoms with van der Waals surface area (Å²) in [5, 5.41) is 19.5. The summed E-state index contributed by atoms with van der Waals surface area (Å²) in [6.45, 7) is 1.60. The molecule has 6 nitrogen and oxygen atoms in total. The van der Waals surface area contributed by atoms with Crippen molar-refractivity contribution in [3.05, 3.63) is 66.2 Å². The normalized spacial score (nSPS) is 21.0. The lowest BCUT2D eigenvalue weighted by molar-refractivity contribution is 0.129. The van der Waals surface area contributed by atoms with Gasteiger partial charge in [0, 0.05) is 24.6 Å². The first-order valence-electron chi connectivity index (χ1n) is 9.49. The summed E-state index contributed by atoms with van der Waals surface area (Å²) >= 11 is 0. The lowest BCUT2D eigenvalue weighted by Gasteiger charge is -2.36. The second-order valence-corrected chi connectivity index (χ2v) is 7.16. The van der Waals surface area contributed by atoms with E-state index in [4.69, 9.17) is 9.47 Å². The van der Waals surface area contributed by atoms with Crippen LogP contribution in [0.2, 0.25) is 0 Å². The highest BCUT2D eigenvalue weighted by Gasteiger charge is 2.30. The van der Waals surface area contributed by atoms with Crippen molar-refractivity contribution >= 4 is 5.82 Å². The Morgan fingerprint density at radius 2 is 1.79 bits per heavy atom. The number of aliphatic hydroxyl groups is 1. The number of hydrogen-bond donors (Lipinski definition) is 1. The Labute approximate surface area is 163 Å². The molecule has 2 aliphatic rings. The van der Waals surface area contributed by atoms with Crippen molar-refractivity contribution in [1.82, 2.24) is 10.2 Å². The molecule has 0 saturated carbocycles. The van der Waals surface area contributed by atoms with Gasteiger partial charge in [0.15, 0.2) is 17.3 Å². The van der Waals surface area contributed by atoms with E-state index in [1.807, 2.05) is 60.7 Å². The van der Waals surface area contributed by atoms with Crippen LogP contribution in [0.4, 0.5) is 5.82 Å². The molecule has 0 amide bonds. The van der Waals surface area contributed by atoms with E-state index in [9.17, 15) is 5.11 Å². The molecule has 0 unspecified atom stereocenters. The topological polar surface area (TPSA) is 67.7 Å². The van der Waals surface area contributed by atoms with Gasteiger partial charge in [-0.15, -0.1) is 10.2 Å². The Morgan fingerprint density at radius 3 is 2.57 bits per heavy atom. The highest BCUT2D eigenvalue weighted by molar-refractivity contribution is 5.59. The van der Waals surface area contributed by atoms with Crippen molar-refractivity contribution in [3.8, 4) is 22.8 Å². The van der Waals surface area contributed by atoms with Crippen LogP contribution in [0.5, 0.6) is 11.5 Å². The summed E-state index contributed by atoms with van der Waals surface area (Å²) in [5.74, 6) is 2.39. The summed E-state index contributed by atoms with van der Waals surface area (Å²) in [7, 11) is 0. The smallest absolute Gasteiger partial charge is 0.231 e. The number of nitrogens with zero attached hydrogens (tertiary/aromatic N) is 3. The van der Waals surface area contributed by atoms with E-state index < -0.39 is 6.10 Å². The first-order chi connectivity index (χ1) is 13.8. The number of benzene rings is 2. The monoisotopic (exact) mass is 375 g/mol. The highest BCUT2D eigenvalue weighted by Crippen LogP contribution is 2.38. The summed E-state index contributed by atoms with van der Waals surface area (Å²) in [6.07, 6.45) is 0.354. The van der Waals surface area contributed by atoms with Crippen molar-refractivity contribution in [1.29, 1.82) is 0 Å². The molecule has 142 valence electrons. The molecular weight excluding hydrogens is 354 g/mol. The number of aromatic nitrogens is 2. The van der Waals surface area contributed by atoms with E-state index in [2.05, 4.69) is 15.1 Å². The lowest BCUT2D eigenvalue weighted by Crippen LogP contribution is -2.43. The molecule has 0 radical (unpaired) electrons. The molecule has 3 heterocycles. The average molecular weight is 375 g/mol. The molecule has 5 rings (SSSR count). The fourth-order valence-corrected chi connectivity index (χ4v) is 3.93. The second kappa shape index (κ2) is 7.13. The van der Waals surface area contributed by atoms with E-state index in [1.54, 1.807) is 0 Å². The minimum Gasteiger partial charge on any atom is -0.454 e. The van der Waals surface area contributed by atoms with Crippen LogP contribution in [0.1, 0.15) is 17.9 Å². The molecule has 1 saturated heterocycles. The van der Waals surface area contributed by atoms with Crippen molar-refractivity contribution in [2.45, 2.75) is 18.4 Å². The van der Waals surface area contributed by atoms with Crippen LogP contribution in [0.25, 0.3) is 11.3 Å². The molecule has 1 N–H and O–H groups in total. The third-order valence-corrected chi connectivity index (χ3v) is 5.45. The molecule has 1 fully saturated rings. The molecule has 0 bridgehead atoms. The maximum absolute atomic E-state index is 10.8. The largest absolute Gasteiger partial charge is 0.454 e. The number of hydrogen-bond acceptors (Lipinski definition) is 6. The molecule has 0 aliphatic carbocycles. The third-order valence-electron chi connectivity index (χ3n) is 5.45. The fourth-order valence-electron chi connectivity index (χ4n) is 3.93. The zero-order valence-electron chi connectivity index (χ0n) is 15.4. The lowest BCUT2D eigenvalue weighted by atomic mass is 9.87. The van der Waals surface area contributed by atoms with Crippen molar-refractivity contribution < 1.29 is 14.6 Å². The first kappa shape index (κ1) is 17.0. The minimum atomic E-state index is -0.482. The van der Waals surface area contributed by atoms with Crippen LogP contribution >= 0.6 is 0 Å². The van der Waals surface area contributed by atoms with Crippen LogP contribution in [0.3, 0.4) is 0 Å². The summed E-state index contributed by atoms with van der Waals surface area (Å²) in [6, 6.07) is 19.9. The van der Waals surface area contributed by atoms with Crippen LogP contribution in [0, 0.1) is 0 Å². The number of fused-ring (bicyclic) bond motifs is 1. The van der Waals surface area contributed by atoms with Gasteiger partial charge >= 0.3 is 0 Å². The summed E-state index contributed by atoms with van der Waals surface area (Å²) in [4.78, 5) is 2.09. The van der Waals surface area contributed by atoms with Crippen LogP contribution < -0.4 is 14.4 Å². The van der Waals surface area contributed by atoms with Crippen molar-refractivity contribution in [2.75, 3.05) is 24.8 Å². The average Bonchev–Trinajstić information content (AvgIpc) is 3.22. The number of piperidine rings is 1. The van der Waals surface area contributed by atoms with E-state index in [0.29, 0.717) is 6.54 Å². The van der Waals surface area contributed by atoms with Gasteiger partial charge in [-0.1, -0.05) is 36.4 Å². The van der Waals surface area contributed by atoms with Crippen LogP contribution in [-0.2, 0) is 0 Å². The summed E-state index contributed by atoms with van der Waals surface area (Å²) < 4.78 is 10.8. The minimum absolute atomic E-state index is 0.0716. The predicted molar refractivity (Wildman–Crippen MR) is 106 cm³/mol. The van der Waals surface area contributed by atoms with Gasteiger partial charge in [0.05, 0.1) is 11.8 Å². The molecule has 3 aromatic rings. The van der Waals surface area contributed by atoms with Gasteiger partial charge in [0.25, 0.3) is 0 Å². The molecular formula is C22H21N3O3. The van der Waals surface area contributed by atoms with E-state index in [-0.39, 0.29) is 12.7 Å². The zero-order valence-corrected chi connectivity index (χ0v) is 15.4. The summed E-state index contributed by atoms with van der Waals surface area (Å²) in [5.41, 5.74) is 2.98. The van der Waals surface area contributed by atoms with Crippen LogP contribution in [-0.4, -0.2) is 41.3 Å². The maximum atomic E-state index is 10.8. The Bertz CT molecular complexity index is 963. The van der Waals surface area contributed by atoms with Crippen molar-refractivity contribution in [2.24, 2.45) is 0 Å². The SMILES string of the molecule is O[C@@H]1CN(c2ccc(-c3ccccc3)nn2)CC[C@H]1c1ccc2c(c1)OCO2. The van der Waals surface area contributed by atoms with Gasteiger partial charge in [-0.3, -0.25) is 0 Å².